The Kier molecular flexibility index (Phi) is 4.05. The van der Waals surface area contributed by atoms with E-state index >= 15 is 0 Å². The summed E-state index contributed by atoms with van der Waals surface area (Å²) in [5, 5.41) is 13.3. The van der Waals surface area contributed by atoms with Crippen LogP contribution in [0.1, 0.15) is 29.1 Å². The number of nitrogens with zero attached hydrogens (tertiary/aromatic N) is 1. The highest BCUT2D eigenvalue weighted by atomic mass is 35.5. The molecule has 104 valence electrons. The molecule has 1 unspecified atom stereocenters. The largest absolute Gasteiger partial charge is 0.467 e. The van der Waals surface area contributed by atoms with Crippen LogP contribution < -0.4 is 5.32 Å². The first kappa shape index (κ1) is 14.1. The quantitative estimate of drug-likeness (QED) is 0.692. The van der Waals surface area contributed by atoms with E-state index in [0.29, 0.717) is 5.76 Å². The Morgan fingerprint density at radius 2 is 2.20 bits per heavy atom. The number of nitro groups is 1. The minimum atomic E-state index is -0.570. The van der Waals surface area contributed by atoms with Crippen molar-refractivity contribution in [1.82, 2.24) is 5.32 Å². The lowest BCUT2D eigenvalue weighted by molar-refractivity contribution is -0.384. The molecular weight excluding hydrogens is 284 g/mol. The Labute approximate surface area is 119 Å². The van der Waals surface area contributed by atoms with Crippen LogP contribution >= 0.6 is 11.6 Å². The van der Waals surface area contributed by atoms with Crippen LogP contribution in [0.3, 0.4) is 0 Å². The number of nitro benzene ring substituents is 1. The summed E-state index contributed by atoms with van der Waals surface area (Å²) in [6.07, 6.45) is 1.51. The predicted octanol–water partition coefficient (Wildman–Crippen LogP) is 3.33. The molecule has 0 radical (unpaired) electrons. The maximum absolute atomic E-state index is 12.0. The highest BCUT2D eigenvalue weighted by molar-refractivity contribution is 6.34. The fraction of sp³-hybridized carbons (Fsp3) is 0.154. The van der Waals surface area contributed by atoms with Gasteiger partial charge in [-0.3, -0.25) is 14.9 Å². The van der Waals surface area contributed by atoms with Crippen LogP contribution in [0.25, 0.3) is 0 Å². The van der Waals surface area contributed by atoms with Crippen molar-refractivity contribution in [3.8, 4) is 0 Å². The van der Waals surface area contributed by atoms with E-state index in [0.717, 1.165) is 6.07 Å². The summed E-state index contributed by atoms with van der Waals surface area (Å²) in [5.74, 6) is 0.185. The van der Waals surface area contributed by atoms with Crippen LogP contribution in [0.2, 0.25) is 5.02 Å². The summed E-state index contributed by atoms with van der Waals surface area (Å²) in [6.45, 7) is 1.76. The van der Waals surface area contributed by atoms with Gasteiger partial charge in [0.2, 0.25) is 0 Å². The number of nitrogens with one attached hydrogen (secondary N) is 1. The predicted molar refractivity (Wildman–Crippen MR) is 72.7 cm³/mol. The Hall–Kier alpha value is -2.34. The van der Waals surface area contributed by atoms with Crippen LogP contribution in [0.4, 0.5) is 5.69 Å². The van der Waals surface area contributed by atoms with Gasteiger partial charge in [-0.1, -0.05) is 11.6 Å². The molecule has 1 heterocycles. The van der Waals surface area contributed by atoms with Gasteiger partial charge in [0.25, 0.3) is 11.6 Å². The summed E-state index contributed by atoms with van der Waals surface area (Å²) in [6, 6.07) is 6.83. The van der Waals surface area contributed by atoms with Crippen LogP contribution in [-0.2, 0) is 0 Å². The Morgan fingerprint density at radius 1 is 1.45 bits per heavy atom. The number of benzene rings is 1. The Morgan fingerprint density at radius 3 is 2.75 bits per heavy atom. The molecule has 0 saturated heterocycles. The van der Waals surface area contributed by atoms with Gasteiger partial charge < -0.3 is 9.73 Å². The second kappa shape index (κ2) is 5.75. The molecule has 2 aromatic rings. The second-order valence-corrected chi connectivity index (χ2v) is 4.54. The van der Waals surface area contributed by atoms with E-state index in [1.54, 1.807) is 19.1 Å². The van der Waals surface area contributed by atoms with Gasteiger partial charge in [-0.15, -0.1) is 0 Å². The lowest BCUT2D eigenvalue weighted by Gasteiger charge is -2.12. The van der Waals surface area contributed by atoms with Gasteiger partial charge in [-0.25, -0.2) is 0 Å². The number of halogens is 1. The molecule has 20 heavy (non-hydrogen) atoms. The van der Waals surface area contributed by atoms with Crippen molar-refractivity contribution in [3.05, 3.63) is 63.1 Å². The van der Waals surface area contributed by atoms with Gasteiger partial charge in [0.1, 0.15) is 5.76 Å². The molecule has 6 nitrogen and oxygen atoms in total. The fourth-order valence-electron chi connectivity index (χ4n) is 1.68. The summed E-state index contributed by atoms with van der Waals surface area (Å²) in [4.78, 5) is 22.1. The van der Waals surface area contributed by atoms with E-state index in [2.05, 4.69) is 5.32 Å². The SMILES string of the molecule is CC(NC(=O)c1ccc([N+](=O)[O-])cc1Cl)c1ccco1. The monoisotopic (exact) mass is 294 g/mol. The summed E-state index contributed by atoms with van der Waals surface area (Å²) in [7, 11) is 0. The summed E-state index contributed by atoms with van der Waals surface area (Å²) < 4.78 is 5.18. The third kappa shape index (κ3) is 2.97. The fourth-order valence-corrected chi connectivity index (χ4v) is 1.95. The van der Waals surface area contributed by atoms with Crippen LogP contribution in [0.15, 0.2) is 41.0 Å². The molecule has 1 aromatic heterocycles. The van der Waals surface area contributed by atoms with Gasteiger partial charge in [0.15, 0.2) is 0 Å². The van der Waals surface area contributed by atoms with Crippen molar-refractivity contribution in [2.24, 2.45) is 0 Å². The van der Waals surface area contributed by atoms with E-state index in [9.17, 15) is 14.9 Å². The molecule has 1 N–H and O–H groups in total. The molecule has 0 bridgehead atoms. The van der Waals surface area contributed by atoms with Gasteiger partial charge >= 0.3 is 0 Å². The molecule has 1 atom stereocenters. The number of carbonyl (C=O) groups excluding carboxylic acids is 1. The average molecular weight is 295 g/mol. The van der Waals surface area contributed by atoms with Gasteiger partial charge in [-0.05, 0) is 25.1 Å². The number of hydrogen-bond donors (Lipinski definition) is 1. The molecule has 0 aliphatic heterocycles. The smallest absolute Gasteiger partial charge is 0.270 e. The number of amides is 1. The standard InChI is InChI=1S/C13H11ClN2O4/c1-8(12-3-2-6-20-12)15-13(17)10-5-4-9(16(18)19)7-11(10)14/h2-8H,1H3,(H,15,17). The first-order chi connectivity index (χ1) is 9.49. The van der Waals surface area contributed by atoms with Crippen LogP contribution in [0.5, 0.6) is 0 Å². The van der Waals surface area contributed by atoms with Crippen LogP contribution in [0, 0.1) is 10.1 Å². The minimum absolute atomic E-state index is 0.0309. The number of non-ortho nitro benzene ring substituents is 1. The molecule has 0 aliphatic rings. The normalized spacial score (nSPS) is 11.9. The average Bonchev–Trinajstić information content (AvgIpc) is 2.92. The maximum Gasteiger partial charge on any atom is 0.270 e. The molecule has 0 saturated carbocycles. The molecule has 0 aliphatic carbocycles. The summed E-state index contributed by atoms with van der Waals surface area (Å²) in [5.41, 5.74) is 0.0151. The van der Waals surface area contributed by atoms with Gasteiger partial charge in [0, 0.05) is 12.1 Å². The minimum Gasteiger partial charge on any atom is -0.467 e. The van der Waals surface area contributed by atoms with Crippen molar-refractivity contribution in [2.45, 2.75) is 13.0 Å². The van der Waals surface area contributed by atoms with Gasteiger partial charge in [-0.2, -0.15) is 0 Å². The molecule has 1 amide bonds. The van der Waals surface area contributed by atoms with Crippen molar-refractivity contribution >= 4 is 23.2 Å². The molecule has 0 fully saturated rings. The zero-order valence-corrected chi connectivity index (χ0v) is 11.3. The summed E-state index contributed by atoms with van der Waals surface area (Å²) >= 11 is 5.89. The molecular formula is C13H11ClN2O4. The van der Waals surface area contributed by atoms with Crippen molar-refractivity contribution in [1.29, 1.82) is 0 Å². The Bertz CT molecular complexity index is 640. The van der Waals surface area contributed by atoms with E-state index in [1.165, 1.54) is 18.4 Å². The number of furan rings is 1. The Balaban J connectivity index is 2.15. The highest BCUT2D eigenvalue weighted by Crippen LogP contribution is 2.23. The third-order valence-corrected chi connectivity index (χ3v) is 3.04. The van der Waals surface area contributed by atoms with E-state index in [4.69, 9.17) is 16.0 Å². The zero-order valence-electron chi connectivity index (χ0n) is 10.5. The molecule has 7 heteroatoms. The van der Waals surface area contributed by atoms with Crippen molar-refractivity contribution in [2.75, 3.05) is 0 Å². The van der Waals surface area contributed by atoms with E-state index in [-0.39, 0.29) is 22.3 Å². The van der Waals surface area contributed by atoms with Crippen molar-refractivity contribution in [3.63, 3.8) is 0 Å². The topological polar surface area (TPSA) is 85.4 Å². The number of carbonyl (C=O) groups is 1. The van der Waals surface area contributed by atoms with Gasteiger partial charge in [0.05, 0.1) is 27.8 Å². The lowest BCUT2D eigenvalue weighted by atomic mass is 10.1. The number of hydrogen-bond acceptors (Lipinski definition) is 4. The second-order valence-electron chi connectivity index (χ2n) is 4.13. The third-order valence-electron chi connectivity index (χ3n) is 2.73. The van der Waals surface area contributed by atoms with Crippen molar-refractivity contribution < 1.29 is 14.1 Å². The number of rotatable bonds is 4. The first-order valence-corrected chi connectivity index (χ1v) is 6.15. The van der Waals surface area contributed by atoms with Crippen LogP contribution in [-0.4, -0.2) is 10.8 Å². The first-order valence-electron chi connectivity index (χ1n) is 5.77. The zero-order chi connectivity index (χ0) is 14.7. The molecule has 2 rings (SSSR count). The molecule has 0 spiro atoms. The van der Waals surface area contributed by atoms with E-state index < -0.39 is 10.8 Å². The highest BCUT2D eigenvalue weighted by Gasteiger charge is 2.18. The lowest BCUT2D eigenvalue weighted by Crippen LogP contribution is -2.26. The molecule has 1 aromatic carbocycles. The van der Waals surface area contributed by atoms with E-state index in [1.807, 2.05) is 0 Å². The maximum atomic E-state index is 12.0.